The van der Waals surface area contributed by atoms with E-state index in [1.807, 2.05) is 18.5 Å². The van der Waals surface area contributed by atoms with Crippen LogP contribution >= 0.6 is 0 Å². The number of nitrogens with zero attached hydrogens (tertiary/aromatic N) is 2. The molecule has 1 aromatic heterocycles. The summed E-state index contributed by atoms with van der Waals surface area (Å²) < 4.78 is 15.2. The fourth-order valence-corrected chi connectivity index (χ4v) is 2.99. The highest BCUT2D eigenvalue weighted by molar-refractivity contribution is 5.76. The summed E-state index contributed by atoms with van der Waals surface area (Å²) in [6.07, 6.45) is 0.00896. The smallest absolute Gasteiger partial charge is 0.220 e. The Kier molecular flexibility index (Phi) is 6.91. The van der Waals surface area contributed by atoms with Gasteiger partial charge < -0.3 is 10.4 Å². The monoisotopic (exact) mass is 361 g/mol. The molecule has 0 aliphatic rings. The summed E-state index contributed by atoms with van der Waals surface area (Å²) in [6, 6.07) is 5.76. The standard InChI is InChI=1S/C20H28FN3O2/c1-13(2)12-24-15(4)18(14(3)23-24)8-9-20(26)22-11-19(25)16-6-5-7-17(21)10-16/h5-7,10,13,19,25H,8-9,11-12H2,1-4H3,(H,22,26). The molecule has 0 bridgehead atoms. The second-order valence-electron chi connectivity index (χ2n) is 7.10. The molecule has 1 atom stereocenters. The van der Waals surface area contributed by atoms with Gasteiger partial charge in [0.1, 0.15) is 5.82 Å². The van der Waals surface area contributed by atoms with Gasteiger partial charge in [-0.25, -0.2) is 4.39 Å². The van der Waals surface area contributed by atoms with E-state index >= 15 is 0 Å². The SMILES string of the molecule is Cc1nn(CC(C)C)c(C)c1CCC(=O)NCC(O)c1cccc(F)c1. The van der Waals surface area contributed by atoms with Gasteiger partial charge in [0.15, 0.2) is 0 Å². The molecule has 1 amide bonds. The average Bonchev–Trinajstić information content (AvgIpc) is 2.83. The molecule has 1 unspecified atom stereocenters. The first-order chi connectivity index (χ1) is 12.3. The summed E-state index contributed by atoms with van der Waals surface area (Å²) in [7, 11) is 0. The number of aliphatic hydroxyl groups is 1. The molecule has 2 rings (SSSR count). The zero-order chi connectivity index (χ0) is 19.3. The molecule has 2 N–H and O–H groups in total. The number of aryl methyl sites for hydroxylation is 1. The largest absolute Gasteiger partial charge is 0.387 e. The third-order valence-electron chi connectivity index (χ3n) is 4.40. The van der Waals surface area contributed by atoms with Crippen LogP contribution in [0.5, 0.6) is 0 Å². The number of rotatable bonds is 8. The van der Waals surface area contributed by atoms with Gasteiger partial charge in [0, 0.05) is 25.2 Å². The lowest BCUT2D eigenvalue weighted by Gasteiger charge is -2.12. The van der Waals surface area contributed by atoms with Crippen LogP contribution < -0.4 is 5.32 Å². The Labute approximate surface area is 154 Å². The van der Waals surface area contributed by atoms with Gasteiger partial charge in [-0.2, -0.15) is 5.10 Å². The number of benzene rings is 1. The van der Waals surface area contributed by atoms with Crippen molar-refractivity contribution in [1.29, 1.82) is 0 Å². The number of aromatic nitrogens is 2. The van der Waals surface area contributed by atoms with Crippen molar-refractivity contribution >= 4 is 5.91 Å². The van der Waals surface area contributed by atoms with Crippen molar-refractivity contribution in [2.24, 2.45) is 5.92 Å². The fourth-order valence-electron chi connectivity index (χ4n) is 2.99. The zero-order valence-electron chi connectivity index (χ0n) is 15.9. The van der Waals surface area contributed by atoms with Gasteiger partial charge in [-0.1, -0.05) is 26.0 Å². The van der Waals surface area contributed by atoms with E-state index in [4.69, 9.17) is 0 Å². The first-order valence-corrected chi connectivity index (χ1v) is 9.01. The van der Waals surface area contributed by atoms with Crippen molar-refractivity contribution < 1.29 is 14.3 Å². The highest BCUT2D eigenvalue weighted by Crippen LogP contribution is 2.17. The first-order valence-electron chi connectivity index (χ1n) is 9.01. The third kappa shape index (κ3) is 5.39. The maximum atomic E-state index is 13.2. The van der Waals surface area contributed by atoms with Crippen molar-refractivity contribution in [2.75, 3.05) is 6.54 Å². The number of nitrogens with one attached hydrogen (secondary N) is 1. The number of aliphatic hydroxyl groups excluding tert-OH is 1. The summed E-state index contributed by atoms with van der Waals surface area (Å²) >= 11 is 0. The van der Waals surface area contributed by atoms with Crippen molar-refractivity contribution in [3.63, 3.8) is 0 Å². The molecule has 0 aliphatic carbocycles. The number of carbonyl (C=O) groups excluding carboxylic acids is 1. The van der Waals surface area contributed by atoms with E-state index in [-0.39, 0.29) is 12.5 Å². The maximum absolute atomic E-state index is 13.2. The Morgan fingerprint density at radius 3 is 2.73 bits per heavy atom. The Morgan fingerprint density at radius 2 is 2.08 bits per heavy atom. The van der Waals surface area contributed by atoms with Crippen molar-refractivity contribution in [3.05, 3.63) is 52.6 Å². The molecule has 0 saturated carbocycles. The van der Waals surface area contributed by atoms with Gasteiger partial charge >= 0.3 is 0 Å². The van der Waals surface area contributed by atoms with Gasteiger partial charge in [-0.05, 0) is 49.4 Å². The number of carbonyl (C=O) groups is 1. The van der Waals surface area contributed by atoms with Gasteiger partial charge in [-0.3, -0.25) is 9.48 Å². The zero-order valence-corrected chi connectivity index (χ0v) is 15.9. The minimum absolute atomic E-state index is 0.0624. The van der Waals surface area contributed by atoms with Gasteiger partial charge in [-0.15, -0.1) is 0 Å². The Morgan fingerprint density at radius 1 is 1.35 bits per heavy atom. The minimum atomic E-state index is -0.924. The second kappa shape index (κ2) is 8.94. The molecule has 1 heterocycles. The van der Waals surface area contributed by atoms with Crippen molar-refractivity contribution in [1.82, 2.24) is 15.1 Å². The molecule has 0 saturated heterocycles. The van der Waals surface area contributed by atoms with E-state index in [9.17, 15) is 14.3 Å². The number of halogens is 1. The van der Waals surface area contributed by atoms with E-state index in [1.54, 1.807) is 6.07 Å². The molecule has 5 nitrogen and oxygen atoms in total. The predicted octanol–water partition coefficient (Wildman–Crippen LogP) is 3.08. The van der Waals surface area contributed by atoms with Crippen LogP contribution in [0.4, 0.5) is 4.39 Å². The summed E-state index contributed by atoms with van der Waals surface area (Å²) in [5.74, 6) is -0.0402. The van der Waals surface area contributed by atoms with Crippen LogP contribution in [0.2, 0.25) is 0 Å². The fraction of sp³-hybridized carbons (Fsp3) is 0.500. The van der Waals surface area contributed by atoms with Crippen LogP contribution in [0.25, 0.3) is 0 Å². The van der Waals surface area contributed by atoms with E-state index in [1.165, 1.54) is 18.2 Å². The second-order valence-corrected chi connectivity index (χ2v) is 7.10. The molecular formula is C20H28FN3O2. The van der Waals surface area contributed by atoms with Gasteiger partial charge in [0.2, 0.25) is 5.91 Å². The summed E-state index contributed by atoms with van der Waals surface area (Å²) in [5.41, 5.74) is 3.61. The minimum Gasteiger partial charge on any atom is -0.387 e. The summed E-state index contributed by atoms with van der Waals surface area (Å²) in [4.78, 5) is 12.1. The van der Waals surface area contributed by atoms with Gasteiger partial charge in [0.25, 0.3) is 0 Å². The normalized spacial score (nSPS) is 12.4. The Bertz CT molecular complexity index is 756. The lowest BCUT2D eigenvalue weighted by molar-refractivity contribution is -0.121. The van der Waals surface area contributed by atoms with Crippen LogP contribution in [-0.2, 0) is 17.8 Å². The molecule has 2 aromatic rings. The number of hydrogen-bond acceptors (Lipinski definition) is 3. The Hall–Kier alpha value is -2.21. The maximum Gasteiger partial charge on any atom is 0.220 e. The first kappa shape index (κ1) is 20.1. The van der Waals surface area contributed by atoms with E-state index in [0.717, 1.165) is 23.5 Å². The van der Waals surface area contributed by atoms with E-state index in [0.29, 0.717) is 24.3 Å². The predicted molar refractivity (Wildman–Crippen MR) is 99.2 cm³/mol. The molecule has 0 fully saturated rings. The lowest BCUT2D eigenvalue weighted by Crippen LogP contribution is -2.28. The molecule has 0 radical (unpaired) electrons. The van der Waals surface area contributed by atoms with Crippen LogP contribution in [0.3, 0.4) is 0 Å². The lowest BCUT2D eigenvalue weighted by atomic mass is 10.1. The number of amides is 1. The van der Waals surface area contributed by atoms with Crippen LogP contribution in [-0.4, -0.2) is 27.3 Å². The molecule has 1 aromatic carbocycles. The van der Waals surface area contributed by atoms with Crippen molar-refractivity contribution in [2.45, 2.75) is 53.2 Å². The molecular weight excluding hydrogens is 333 g/mol. The highest BCUT2D eigenvalue weighted by atomic mass is 19.1. The highest BCUT2D eigenvalue weighted by Gasteiger charge is 2.15. The topological polar surface area (TPSA) is 67.2 Å². The summed E-state index contributed by atoms with van der Waals surface area (Å²) in [5, 5.41) is 17.3. The number of hydrogen-bond donors (Lipinski definition) is 2. The van der Waals surface area contributed by atoms with E-state index < -0.39 is 11.9 Å². The molecule has 142 valence electrons. The van der Waals surface area contributed by atoms with Crippen molar-refractivity contribution in [3.8, 4) is 0 Å². The molecule has 0 spiro atoms. The van der Waals surface area contributed by atoms with Crippen LogP contribution in [0.15, 0.2) is 24.3 Å². The quantitative estimate of drug-likeness (QED) is 0.759. The van der Waals surface area contributed by atoms with E-state index in [2.05, 4.69) is 24.3 Å². The third-order valence-corrected chi connectivity index (χ3v) is 4.40. The Balaban J connectivity index is 1.86. The molecule has 26 heavy (non-hydrogen) atoms. The van der Waals surface area contributed by atoms with Crippen LogP contribution in [0, 0.1) is 25.6 Å². The molecule has 0 aliphatic heterocycles. The average molecular weight is 361 g/mol. The van der Waals surface area contributed by atoms with Gasteiger partial charge in [0.05, 0.1) is 11.8 Å². The van der Waals surface area contributed by atoms with Crippen LogP contribution in [0.1, 0.15) is 48.9 Å². The summed E-state index contributed by atoms with van der Waals surface area (Å²) in [6.45, 7) is 9.21. The molecule has 6 heteroatoms.